The third-order valence-corrected chi connectivity index (χ3v) is 10.8. The van der Waals surface area contributed by atoms with Crippen molar-refractivity contribution in [2.45, 2.75) is 19.3 Å². The van der Waals surface area contributed by atoms with E-state index < -0.39 is 0 Å². The van der Waals surface area contributed by atoms with E-state index in [-0.39, 0.29) is 5.41 Å². The van der Waals surface area contributed by atoms with Crippen molar-refractivity contribution in [2.75, 3.05) is 4.90 Å². The normalized spacial score (nSPS) is 14.0. The molecular formula is C45H29N3O. The Balaban J connectivity index is 1.25. The Morgan fingerprint density at radius 2 is 1.33 bits per heavy atom. The van der Waals surface area contributed by atoms with Crippen LogP contribution in [0.3, 0.4) is 0 Å². The van der Waals surface area contributed by atoms with Crippen molar-refractivity contribution in [2.24, 2.45) is 0 Å². The number of hydrogen-bond donors (Lipinski definition) is 0. The number of benzene rings is 6. The van der Waals surface area contributed by atoms with Crippen molar-refractivity contribution < 1.29 is 4.42 Å². The first-order valence-electron chi connectivity index (χ1n) is 16.8. The molecule has 0 fully saturated rings. The highest BCUT2D eigenvalue weighted by atomic mass is 16.3. The van der Waals surface area contributed by atoms with Gasteiger partial charge in [0.15, 0.2) is 0 Å². The summed E-state index contributed by atoms with van der Waals surface area (Å²) in [5, 5.41) is 5.60. The Morgan fingerprint density at radius 1 is 0.571 bits per heavy atom. The first-order chi connectivity index (χ1) is 24.1. The summed E-state index contributed by atoms with van der Waals surface area (Å²) < 4.78 is 6.30. The number of nitrogens with zero attached hydrogens (tertiary/aromatic N) is 3. The Labute approximate surface area is 282 Å². The maximum atomic E-state index is 6.30. The first kappa shape index (κ1) is 26.8. The summed E-state index contributed by atoms with van der Waals surface area (Å²) in [5.41, 5.74) is 14.4. The van der Waals surface area contributed by atoms with Gasteiger partial charge in [-0.15, -0.1) is 0 Å². The van der Waals surface area contributed by atoms with Crippen LogP contribution in [-0.2, 0) is 5.41 Å². The summed E-state index contributed by atoms with van der Waals surface area (Å²) in [6.45, 7) is 4.67. The largest absolute Gasteiger partial charge is 0.456 e. The fourth-order valence-corrected chi connectivity index (χ4v) is 8.63. The van der Waals surface area contributed by atoms with Crippen LogP contribution in [0.5, 0.6) is 0 Å². The van der Waals surface area contributed by atoms with Gasteiger partial charge in [0, 0.05) is 38.9 Å². The minimum Gasteiger partial charge on any atom is -0.456 e. The van der Waals surface area contributed by atoms with Crippen molar-refractivity contribution in [3.05, 3.63) is 151 Å². The number of furan rings is 1. The minimum absolute atomic E-state index is 0.123. The van der Waals surface area contributed by atoms with Crippen molar-refractivity contribution in [1.29, 1.82) is 0 Å². The fraction of sp³-hybridized carbons (Fsp3) is 0.0667. The molecule has 4 heteroatoms. The quantitative estimate of drug-likeness (QED) is 0.179. The molecule has 0 saturated heterocycles. The molecule has 0 atom stereocenters. The lowest BCUT2D eigenvalue weighted by Crippen LogP contribution is -2.19. The molecule has 49 heavy (non-hydrogen) atoms. The maximum Gasteiger partial charge on any atom is 0.148 e. The highest BCUT2D eigenvalue weighted by molar-refractivity contribution is 6.20. The summed E-state index contributed by atoms with van der Waals surface area (Å²) in [6.07, 6.45) is 1.95. The third-order valence-electron chi connectivity index (χ3n) is 10.8. The number of rotatable bonds is 2. The molecule has 3 aromatic heterocycles. The van der Waals surface area contributed by atoms with E-state index in [0.717, 1.165) is 83.2 Å². The van der Waals surface area contributed by atoms with Gasteiger partial charge in [0.1, 0.15) is 17.0 Å². The van der Waals surface area contributed by atoms with Crippen LogP contribution < -0.4 is 4.90 Å². The molecular weight excluding hydrogens is 599 g/mol. The molecule has 2 aliphatic rings. The molecule has 0 N–H and O–H groups in total. The topological polar surface area (TPSA) is 42.2 Å². The first-order valence-corrected chi connectivity index (χ1v) is 16.8. The van der Waals surface area contributed by atoms with Gasteiger partial charge in [-0.3, -0.25) is 9.88 Å². The monoisotopic (exact) mass is 627 g/mol. The summed E-state index contributed by atoms with van der Waals surface area (Å²) >= 11 is 0. The van der Waals surface area contributed by atoms with Crippen LogP contribution in [0.15, 0.2) is 144 Å². The maximum absolute atomic E-state index is 6.30. The molecule has 1 aliphatic heterocycles. The number of fused-ring (bicyclic) bond motifs is 10. The second-order valence-electron chi connectivity index (χ2n) is 13.7. The van der Waals surface area contributed by atoms with Crippen LogP contribution >= 0.6 is 0 Å². The molecule has 0 saturated carbocycles. The van der Waals surface area contributed by atoms with E-state index >= 15 is 0 Å². The zero-order valence-electron chi connectivity index (χ0n) is 27.0. The number of para-hydroxylation sites is 2. The second-order valence-corrected chi connectivity index (χ2v) is 13.7. The van der Waals surface area contributed by atoms with E-state index in [9.17, 15) is 0 Å². The van der Waals surface area contributed by atoms with Gasteiger partial charge >= 0.3 is 0 Å². The molecule has 4 heterocycles. The van der Waals surface area contributed by atoms with Crippen molar-refractivity contribution in [3.8, 4) is 33.5 Å². The Morgan fingerprint density at radius 3 is 2.27 bits per heavy atom. The van der Waals surface area contributed by atoms with E-state index in [4.69, 9.17) is 14.4 Å². The molecule has 0 radical (unpaired) electrons. The summed E-state index contributed by atoms with van der Waals surface area (Å²) in [6, 6.07) is 47.7. The van der Waals surface area contributed by atoms with Crippen molar-refractivity contribution in [3.63, 3.8) is 0 Å². The Kier molecular flexibility index (Phi) is 5.15. The molecule has 11 rings (SSSR count). The molecule has 6 aromatic carbocycles. The molecule has 1 aliphatic carbocycles. The lowest BCUT2D eigenvalue weighted by molar-refractivity contribution is 0.660. The second kappa shape index (κ2) is 9.42. The smallest absolute Gasteiger partial charge is 0.148 e. The standard InChI is InChI=1S/C45H29N3O/c1-45(2)33-15-6-3-12-30(33)41-34(45)16-10-18-37(41)48-36-22-21-26(27-14-9-20-39-40(27)31-13-5-8-19-38(31)49-39)25-32(36)43-42-29(23-24-46-43)28-11-4-7-17-35(28)47-44(42)48/h3-25H,1-2H3. The van der Waals surface area contributed by atoms with E-state index in [1.165, 1.54) is 22.3 Å². The molecule has 0 bridgehead atoms. The predicted molar refractivity (Wildman–Crippen MR) is 201 cm³/mol. The van der Waals surface area contributed by atoms with Gasteiger partial charge in [0.2, 0.25) is 0 Å². The van der Waals surface area contributed by atoms with E-state index in [2.05, 4.69) is 140 Å². The van der Waals surface area contributed by atoms with E-state index in [0.29, 0.717) is 0 Å². The fourth-order valence-electron chi connectivity index (χ4n) is 8.63. The molecule has 0 unspecified atom stereocenters. The molecule has 4 nitrogen and oxygen atoms in total. The van der Waals surface area contributed by atoms with Crippen LogP contribution in [0, 0.1) is 0 Å². The van der Waals surface area contributed by atoms with Gasteiger partial charge in [-0.2, -0.15) is 0 Å². The average Bonchev–Trinajstić information content (AvgIpc) is 3.64. The summed E-state index contributed by atoms with van der Waals surface area (Å²) in [4.78, 5) is 12.9. The van der Waals surface area contributed by atoms with Crippen LogP contribution in [0.1, 0.15) is 25.0 Å². The number of pyridine rings is 2. The zero-order valence-corrected chi connectivity index (χ0v) is 27.0. The van der Waals surface area contributed by atoms with Gasteiger partial charge < -0.3 is 4.42 Å². The van der Waals surface area contributed by atoms with Crippen molar-refractivity contribution in [1.82, 2.24) is 9.97 Å². The van der Waals surface area contributed by atoms with E-state index in [1.807, 2.05) is 18.3 Å². The SMILES string of the molecule is CC1(C)c2ccccc2-c2c(N3c4ccc(-c5cccc6oc7ccccc7c56)cc4-c4nccc5c4c3nc3ccccc35)cccc21. The zero-order chi connectivity index (χ0) is 32.4. The Hall–Kier alpha value is -6.26. The number of anilines is 3. The highest BCUT2D eigenvalue weighted by Crippen LogP contribution is 2.57. The lowest BCUT2D eigenvalue weighted by atomic mass is 9.82. The van der Waals surface area contributed by atoms with Crippen molar-refractivity contribution >= 4 is 60.8 Å². The number of aromatic nitrogens is 2. The van der Waals surface area contributed by atoms with Gasteiger partial charge in [0.25, 0.3) is 0 Å². The highest BCUT2D eigenvalue weighted by Gasteiger charge is 2.39. The molecule has 0 amide bonds. The lowest BCUT2D eigenvalue weighted by Gasteiger charge is -2.34. The summed E-state index contributed by atoms with van der Waals surface area (Å²) in [5.74, 6) is 0.913. The van der Waals surface area contributed by atoms with Crippen LogP contribution in [-0.4, -0.2) is 9.97 Å². The molecule has 9 aromatic rings. The Bertz CT molecular complexity index is 2880. The predicted octanol–water partition coefficient (Wildman–Crippen LogP) is 12.1. The van der Waals surface area contributed by atoms with Gasteiger partial charge in [-0.1, -0.05) is 105 Å². The van der Waals surface area contributed by atoms with Crippen LogP contribution in [0.2, 0.25) is 0 Å². The van der Waals surface area contributed by atoms with Gasteiger partial charge in [-0.05, 0) is 75.7 Å². The summed E-state index contributed by atoms with van der Waals surface area (Å²) in [7, 11) is 0. The van der Waals surface area contributed by atoms with Crippen LogP contribution in [0.25, 0.3) is 77.1 Å². The van der Waals surface area contributed by atoms with Gasteiger partial charge in [-0.25, -0.2) is 4.98 Å². The molecule has 0 spiro atoms. The third kappa shape index (κ3) is 3.47. The minimum atomic E-state index is -0.123. The van der Waals surface area contributed by atoms with E-state index in [1.54, 1.807) is 0 Å². The number of hydrogen-bond acceptors (Lipinski definition) is 4. The molecule has 230 valence electrons. The average molecular weight is 628 g/mol. The van der Waals surface area contributed by atoms with Crippen LogP contribution in [0.4, 0.5) is 17.2 Å². The van der Waals surface area contributed by atoms with Gasteiger partial charge in [0.05, 0.1) is 28.0 Å².